The van der Waals surface area contributed by atoms with Gasteiger partial charge in [-0.25, -0.2) is 4.39 Å². The van der Waals surface area contributed by atoms with Crippen LogP contribution in [0.1, 0.15) is 132 Å². The zero-order valence-corrected chi connectivity index (χ0v) is 52.0. The highest BCUT2D eigenvalue weighted by Crippen LogP contribution is 2.40. The van der Waals surface area contributed by atoms with Gasteiger partial charge in [-0.15, -0.1) is 0 Å². The van der Waals surface area contributed by atoms with Crippen LogP contribution >= 0.6 is 47.8 Å². The molecule has 12 heteroatoms. The summed E-state index contributed by atoms with van der Waals surface area (Å²) in [4.78, 5) is 2.08. The topological polar surface area (TPSA) is 45.1 Å². The van der Waals surface area contributed by atoms with Gasteiger partial charge >= 0.3 is 14.2 Å². The second-order valence-corrected chi connectivity index (χ2v) is 25.5. The third-order valence-electron chi connectivity index (χ3n) is 15.9. The van der Waals surface area contributed by atoms with Crippen LogP contribution in [0.5, 0.6) is 0 Å². The van der Waals surface area contributed by atoms with Crippen molar-refractivity contribution >= 4 is 112 Å². The lowest BCUT2D eigenvalue weighted by atomic mass is 9.79. The molecule has 0 aliphatic carbocycles. The molecule has 1 aromatic heterocycles. The van der Waals surface area contributed by atoms with Crippen LogP contribution in [0.2, 0.25) is 0 Å². The van der Waals surface area contributed by atoms with E-state index < -0.39 is 36.6 Å². The third kappa shape index (κ3) is 14.3. The highest BCUT2D eigenvalue weighted by Gasteiger charge is 2.52. The molecule has 10 rings (SSSR count). The standard InChI is InChI=1S/C30H36B2FNO4.C22H19Br2N.C14H21Br/c1-27(2)28(3,4)36-31(35-27)21-9-15-24(16-10-21)34(26-19-13-23(33)14-20-26)25-17-11-22(12-18-25)32-37-29(5,6)30(7,8)38-32;1-2-3-4-15-5-9-18(10-6-15)25-21-11-7-16(23)13-19(21)20-14-17(24)8-12-22(20)25;1-2-3-4-5-6-7-8-13-9-11-14(15)12-10-13/h9-20H,1-8H3;5-14H,2-4H2,1H3;9-12H,2-8H2,1H3. The second-order valence-electron chi connectivity index (χ2n) is 22.7. The lowest BCUT2D eigenvalue weighted by Gasteiger charge is -2.32. The number of hydrogen-bond acceptors (Lipinski definition) is 5. The summed E-state index contributed by atoms with van der Waals surface area (Å²) < 4.78 is 44.4. The fraction of sp³-hybridized carbons (Fsp3) is 0.364. The van der Waals surface area contributed by atoms with Gasteiger partial charge in [0.2, 0.25) is 0 Å². The fourth-order valence-electron chi connectivity index (χ4n) is 9.76. The number of hydrogen-bond donors (Lipinski definition) is 0. The Labute approximate surface area is 490 Å². The van der Waals surface area contributed by atoms with E-state index in [-0.39, 0.29) is 5.82 Å². The van der Waals surface area contributed by atoms with Crippen molar-refractivity contribution in [2.45, 2.75) is 156 Å². The van der Waals surface area contributed by atoms with Crippen molar-refractivity contribution in [3.8, 4) is 5.69 Å². The molecule has 2 saturated heterocycles. The predicted molar refractivity (Wildman–Crippen MR) is 339 cm³/mol. The van der Waals surface area contributed by atoms with Gasteiger partial charge < -0.3 is 28.1 Å². The van der Waals surface area contributed by atoms with Gasteiger partial charge in [0.1, 0.15) is 5.82 Å². The maximum absolute atomic E-state index is 13.8. The fourth-order valence-corrected chi connectivity index (χ4v) is 10.7. The summed E-state index contributed by atoms with van der Waals surface area (Å²) >= 11 is 10.7. The Balaban J connectivity index is 0.000000172. The first kappa shape index (κ1) is 59.6. The van der Waals surface area contributed by atoms with E-state index in [4.69, 9.17) is 18.6 Å². The van der Waals surface area contributed by atoms with Crippen molar-refractivity contribution in [1.29, 1.82) is 0 Å². The monoisotopic (exact) mass is 1240 g/mol. The number of anilines is 3. The minimum atomic E-state index is -0.437. The molecule has 0 spiro atoms. The molecule has 0 bridgehead atoms. The Hall–Kier alpha value is -4.52. The van der Waals surface area contributed by atoms with Crippen molar-refractivity contribution in [2.24, 2.45) is 0 Å². The molecule has 0 amide bonds. The van der Waals surface area contributed by atoms with Gasteiger partial charge in [0.15, 0.2) is 0 Å². The maximum Gasteiger partial charge on any atom is 0.494 e. The molecule has 7 aromatic carbocycles. The quantitative estimate of drug-likeness (QED) is 0.0713. The highest BCUT2D eigenvalue weighted by molar-refractivity contribution is 9.11. The smallest absolute Gasteiger partial charge is 0.399 e. The number of aryl methyl sites for hydroxylation is 2. The normalized spacial score (nSPS) is 16.0. The molecule has 0 atom stereocenters. The summed E-state index contributed by atoms with van der Waals surface area (Å²) in [5, 5.41) is 2.53. The van der Waals surface area contributed by atoms with E-state index in [2.05, 4.69) is 156 Å². The molecular weight excluding hydrogens is 1170 g/mol. The predicted octanol–water partition coefficient (Wildman–Crippen LogP) is 18.9. The average molecular weight is 1240 g/mol. The SMILES string of the molecule is CC1(C)OB(c2ccc(N(c3ccc(F)cc3)c3ccc(B4OC(C)(C)C(C)(C)O4)cc3)cc2)OC1(C)C.CCCCCCCCc1ccc(Br)cc1.CCCCc1ccc(-n2c3ccc(Br)cc3c3cc(Br)ccc32)cc1. The zero-order chi connectivity index (χ0) is 55.8. The largest absolute Gasteiger partial charge is 0.494 e. The molecule has 3 heterocycles. The van der Waals surface area contributed by atoms with Crippen molar-refractivity contribution in [2.75, 3.05) is 4.90 Å². The van der Waals surface area contributed by atoms with Crippen LogP contribution < -0.4 is 15.8 Å². The van der Waals surface area contributed by atoms with Gasteiger partial charge in [-0.1, -0.05) is 149 Å². The molecule has 0 radical (unpaired) electrons. The number of fused-ring (bicyclic) bond motifs is 3. The van der Waals surface area contributed by atoms with Gasteiger partial charge in [0, 0.05) is 46.9 Å². The maximum atomic E-state index is 13.8. The first-order valence-electron chi connectivity index (χ1n) is 27.9. The first-order valence-corrected chi connectivity index (χ1v) is 30.3. The van der Waals surface area contributed by atoms with E-state index in [9.17, 15) is 4.39 Å². The van der Waals surface area contributed by atoms with Crippen LogP contribution in [0, 0.1) is 5.82 Å². The number of aromatic nitrogens is 1. The van der Waals surface area contributed by atoms with Crippen LogP contribution in [-0.4, -0.2) is 41.2 Å². The Morgan fingerprint density at radius 1 is 0.423 bits per heavy atom. The van der Waals surface area contributed by atoms with Crippen LogP contribution in [0.15, 0.2) is 171 Å². The molecule has 2 aliphatic rings. The highest BCUT2D eigenvalue weighted by atomic mass is 79.9. The molecule has 2 fully saturated rings. The van der Waals surface area contributed by atoms with Crippen LogP contribution in [0.3, 0.4) is 0 Å². The number of halogens is 4. The summed E-state index contributed by atoms with van der Waals surface area (Å²) in [5.74, 6) is -0.277. The van der Waals surface area contributed by atoms with Crippen LogP contribution in [0.4, 0.5) is 21.5 Å². The Kier molecular flexibility index (Phi) is 19.8. The van der Waals surface area contributed by atoms with Gasteiger partial charge in [-0.2, -0.15) is 0 Å². The van der Waals surface area contributed by atoms with Crippen LogP contribution in [-0.2, 0) is 31.5 Å². The average Bonchev–Trinajstić information content (AvgIpc) is 4.01. The minimum Gasteiger partial charge on any atom is -0.399 e. The molecule has 2 aliphatic heterocycles. The molecular formula is C66H76B2Br3FN2O4. The minimum absolute atomic E-state index is 0.277. The first-order chi connectivity index (χ1) is 37.2. The van der Waals surface area contributed by atoms with E-state index in [1.807, 2.05) is 104 Å². The lowest BCUT2D eigenvalue weighted by Crippen LogP contribution is -2.41. The Bertz CT molecular complexity index is 3050. The number of unbranched alkanes of at least 4 members (excludes halogenated alkanes) is 6. The number of rotatable bonds is 16. The van der Waals surface area contributed by atoms with E-state index in [0.29, 0.717) is 0 Å². The Morgan fingerprint density at radius 2 is 0.782 bits per heavy atom. The molecule has 408 valence electrons. The van der Waals surface area contributed by atoms with Crippen molar-refractivity contribution < 1.29 is 23.0 Å². The van der Waals surface area contributed by atoms with Gasteiger partial charge in [-0.05, 0) is 212 Å². The second kappa shape index (κ2) is 25.9. The summed E-state index contributed by atoms with van der Waals surface area (Å²) in [6.45, 7) is 20.9. The third-order valence-corrected chi connectivity index (χ3v) is 17.4. The Morgan fingerprint density at radius 3 is 1.21 bits per heavy atom. The molecule has 78 heavy (non-hydrogen) atoms. The zero-order valence-electron chi connectivity index (χ0n) is 47.3. The van der Waals surface area contributed by atoms with E-state index >= 15 is 0 Å². The van der Waals surface area contributed by atoms with E-state index in [1.165, 1.54) is 113 Å². The van der Waals surface area contributed by atoms with Crippen LogP contribution in [0.25, 0.3) is 27.5 Å². The van der Waals surface area contributed by atoms with Gasteiger partial charge in [0.05, 0.1) is 33.4 Å². The van der Waals surface area contributed by atoms with Crippen molar-refractivity contribution in [3.63, 3.8) is 0 Å². The molecule has 0 N–H and O–H groups in total. The lowest BCUT2D eigenvalue weighted by molar-refractivity contribution is 0.00578. The van der Waals surface area contributed by atoms with Crippen molar-refractivity contribution in [3.05, 3.63) is 188 Å². The van der Waals surface area contributed by atoms with Crippen molar-refractivity contribution in [1.82, 2.24) is 4.57 Å². The van der Waals surface area contributed by atoms with Gasteiger partial charge in [0.25, 0.3) is 0 Å². The summed E-state index contributed by atoms with van der Waals surface area (Å²) in [6.07, 6.45) is 13.2. The van der Waals surface area contributed by atoms with E-state index in [1.54, 1.807) is 12.1 Å². The van der Waals surface area contributed by atoms with Gasteiger partial charge in [-0.3, -0.25) is 0 Å². The number of nitrogens with zero attached hydrogens (tertiary/aromatic N) is 2. The molecule has 0 saturated carbocycles. The molecule has 6 nitrogen and oxygen atoms in total. The summed E-state index contributed by atoms with van der Waals surface area (Å²) in [5.41, 5.74) is 9.53. The molecule has 0 unspecified atom stereocenters. The summed E-state index contributed by atoms with van der Waals surface area (Å²) in [6, 6.07) is 53.5. The molecule has 8 aromatic rings. The summed E-state index contributed by atoms with van der Waals surface area (Å²) in [7, 11) is -0.875. The van der Waals surface area contributed by atoms with E-state index in [0.717, 1.165) is 43.4 Å². The number of benzene rings is 7.